The highest BCUT2D eigenvalue weighted by Crippen LogP contribution is 2.25. The molecule has 0 amide bonds. The van der Waals surface area contributed by atoms with Gasteiger partial charge in [0.15, 0.2) is 5.82 Å². The average molecular weight is 430 g/mol. The fourth-order valence-electron chi connectivity index (χ4n) is 3.26. The van der Waals surface area contributed by atoms with E-state index in [2.05, 4.69) is 15.4 Å². The van der Waals surface area contributed by atoms with Crippen molar-refractivity contribution in [2.24, 2.45) is 7.05 Å². The van der Waals surface area contributed by atoms with Gasteiger partial charge in [-0.05, 0) is 56.6 Å². The maximum atomic E-state index is 13.2. The number of halogens is 1. The first-order chi connectivity index (χ1) is 13.0. The molecule has 0 radical (unpaired) electrons. The van der Waals surface area contributed by atoms with Gasteiger partial charge in [-0.25, -0.2) is 13.4 Å². The van der Waals surface area contributed by atoms with E-state index in [1.54, 1.807) is 40.3 Å². The number of benzene rings is 1. The van der Waals surface area contributed by atoms with Crippen LogP contribution >= 0.6 is 12.4 Å². The van der Waals surface area contributed by atoms with Gasteiger partial charge in [0.05, 0.1) is 4.90 Å². The van der Waals surface area contributed by atoms with Crippen LogP contribution in [-0.2, 0) is 23.7 Å². The summed E-state index contributed by atoms with van der Waals surface area (Å²) in [5, 5.41) is 7.28. The van der Waals surface area contributed by atoms with Crippen LogP contribution in [0, 0.1) is 0 Å². The number of ether oxygens (including phenoxy) is 1. The van der Waals surface area contributed by atoms with Crippen molar-refractivity contribution < 1.29 is 13.2 Å². The number of rotatable bonds is 8. The number of sulfonamides is 1. The van der Waals surface area contributed by atoms with Gasteiger partial charge >= 0.3 is 0 Å². The number of hydrogen-bond acceptors (Lipinski definition) is 6. The Morgan fingerprint density at radius 2 is 1.93 bits per heavy atom. The molecule has 1 aromatic carbocycles. The van der Waals surface area contributed by atoms with Crippen molar-refractivity contribution in [3.63, 3.8) is 0 Å². The standard InChI is InChI=1S/C18H27N5O3S.ClH/c1-3-12-23(15-8-10-19-11-9-15)27(24,25)17-6-4-16(5-7-17)26-13-18-20-14-21-22(18)2;/h4-7,14-15,19H,3,8-13H2,1-2H3;1H. The number of nitrogens with zero attached hydrogens (tertiary/aromatic N) is 4. The number of nitrogens with one attached hydrogen (secondary N) is 1. The second-order valence-corrected chi connectivity index (χ2v) is 8.55. The van der Waals surface area contributed by atoms with Crippen LogP contribution in [0.1, 0.15) is 32.0 Å². The highest BCUT2D eigenvalue weighted by molar-refractivity contribution is 7.89. The monoisotopic (exact) mass is 429 g/mol. The molecule has 0 aliphatic carbocycles. The third-order valence-electron chi connectivity index (χ3n) is 4.76. The Hall–Kier alpha value is -1.68. The van der Waals surface area contributed by atoms with Gasteiger partial charge in [0.1, 0.15) is 18.7 Å². The Kier molecular flexibility index (Phi) is 8.23. The van der Waals surface area contributed by atoms with Crippen molar-refractivity contribution >= 4 is 22.4 Å². The summed E-state index contributed by atoms with van der Waals surface area (Å²) in [5.41, 5.74) is 0. The van der Waals surface area contributed by atoms with Crippen LogP contribution < -0.4 is 10.1 Å². The zero-order valence-corrected chi connectivity index (χ0v) is 17.9. The minimum atomic E-state index is -3.52. The van der Waals surface area contributed by atoms with Crippen molar-refractivity contribution in [2.45, 2.75) is 43.7 Å². The maximum absolute atomic E-state index is 13.2. The largest absolute Gasteiger partial charge is 0.486 e. The van der Waals surface area contributed by atoms with Crippen LogP contribution in [0.15, 0.2) is 35.5 Å². The predicted octanol–water partition coefficient (Wildman–Crippen LogP) is 1.97. The quantitative estimate of drug-likeness (QED) is 0.690. The Labute approximate surface area is 172 Å². The zero-order valence-electron chi connectivity index (χ0n) is 16.2. The number of hydrogen-bond donors (Lipinski definition) is 1. The first-order valence-corrected chi connectivity index (χ1v) is 10.7. The summed E-state index contributed by atoms with van der Waals surface area (Å²) < 4.78 is 35.3. The summed E-state index contributed by atoms with van der Waals surface area (Å²) in [5.74, 6) is 1.30. The Morgan fingerprint density at radius 3 is 2.50 bits per heavy atom. The lowest BCUT2D eigenvalue weighted by molar-refractivity contribution is 0.262. The van der Waals surface area contributed by atoms with E-state index in [4.69, 9.17) is 4.74 Å². The Morgan fingerprint density at radius 1 is 1.25 bits per heavy atom. The molecule has 1 N–H and O–H groups in total. The molecule has 1 aliphatic heterocycles. The number of piperidine rings is 1. The van der Waals surface area contributed by atoms with E-state index in [9.17, 15) is 8.42 Å². The summed E-state index contributed by atoms with van der Waals surface area (Å²) in [6.45, 7) is 4.54. The smallest absolute Gasteiger partial charge is 0.243 e. The lowest BCUT2D eigenvalue weighted by atomic mass is 10.1. The zero-order chi connectivity index (χ0) is 19.3. The SMILES string of the molecule is CCCN(C1CCNCC1)S(=O)(=O)c1ccc(OCc2ncnn2C)cc1.Cl. The van der Waals surface area contributed by atoms with Gasteiger partial charge in [0.2, 0.25) is 10.0 Å². The molecular weight excluding hydrogens is 402 g/mol. The van der Waals surface area contributed by atoms with Gasteiger partial charge in [-0.1, -0.05) is 6.92 Å². The summed E-state index contributed by atoms with van der Waals surface area (Å²) in [7, 11) is -1.72. The molecule has 2 aromatic rings. The van der Waals surface area contributed by atoms with E-state index < -0.39 is 10.0 Å². The number of aryl methyl sites for hydroxylation is 1. The van der Waals surface area contributed by atoms with Gasteiger partial charge in [-0.15, -0.1) is 12.4 Å². The van der Waals surface area contributed by atoms with Gasteiger partial charge < -0.3 is 10.1 Å². The second kappa shape index (κ2) is 10.2. The van der Waals surface area contributed by atoms with Crippen LogP contribution in [0.5, 0.6) is 5.75 Å². The molecule has 10 heteroatoms. The third kappa shape index (κ3) is 5.22. The Balaban J connectivity index is 0.00000280. The molecule has 1 aromatic heterocycles. The molecule has 28 heavy (non-hydrogen) atoms. The molecule has 0 unspecified atom stereocenters. The van der Waals surface area contributed by atoms with Crippen molar-refractivity contribution in [3.8, 4) is 5.75 Å². The van der Waals surface area contributed by atoms with E-state index in [-0.39, 0.29) is 25.1 Å². The van der Waals surface area contributed by atoms with Gasteiger partial charge in [-0.3, -0.25) is 4.68 Å². The van der Waals surface area contributed by atoms with E-state index in [0.717, 1.165) is 32.4 Å². The molecule has 1 aliphatic rings. The topological polar surface area (TPSA) is 89.3 Å². The first-order valence-electron chi connectivity index (χ1n) is 9.30. The van der Waals surface area contributed by atoms with E-state index in [0.29, 0.717) is 23.0 Å². The molecule has 1 fully saturated rings. The minimum Gasteiger partial charge on any atom is -0.486 e. The van der Waals surface area contributed by atoms with Crippen LogP contribution in [0.2, 0.25) is 0 Å². The molecule has 8 nitrogen and oxygen atoms in total. The van der Waals surface area contributed by atoms with Gasteiger partial charge in [0.25, 0.3) is 0 Å². The van der Waals surface area contributed by atoms with Crippen molar-refractivity contribution in [1.29, 1.82) is 0 Å². The van der Waals surface area contributed by atoms with Gasteiger partial charge in [-0.2, -0.15) is 9.40 Å². The number of aromatic nitrogens is 3. The maximum Gasteiger partial charge on any atom is 0.243 e. The van der Waals surface area contributed by atoms with Crippen LogP contribution in [0.4, 0.5) is 0 Å². The molecule has 156 valence electrons. The molecule has 0 saturated carbocycles. The van der Waals surface area contributed by atoms with Gasteiger partial charge in [0, 0.05) is 19.6 Å². The lowest BCUT2D eigenvalue weighted by Gasteiger charge is -2.33. The highest BCUT2D eigenvalue weighted by atomic mass is 35.5. The molecule has 1 saturated heterocycles. The van der Waals surface area contributed by atoms with Crippen LogP contribution in [0.25, 0.3) is 0 Å². The van der Waals surface area contributed by atoms with Crippen molar-refractivity contribution in [1.82, 2.24) is 24.4 Å². The first kappa shape index (κ1) is 22.6. The summed E-state index contributed by atoms with van der Waals surface area (Å²) in [6, 6.07) is 6.67. The highest BCUT2D eigenvalue weighted by Gasteiger charge is 2.31. The molecule has 3 rings (SSSR count). The second-order valence-electron chi connectivity index (χ2n) is 6.66. The molecule has 0 atom stereocenters. The van der Waals surface area contributed by atoms with Crippen LogP contribution in [-0.4, -0.2) is 53.2 Å². The summed E-state index contributed by atoms with van der Waals surface area (Å²) in [4.78, 5) is 4.41. The summed E-state index contributed by atoms with van der Waals surface area (Å²) in [6.07, 6.45) is 3.95. The molecule has 0 spiro atoms. The molecule has 0 bridgehead atoms. The Bertz CT molecular complexity index is 835. The van der Waals surface area contributed by atoms with E-state index in [1.165, 1.54) is 6.33 Å². The third-order valence-corrected chi connectivity index (χ3v) is 6.73. The minimum absolute atomic E-state index is 0. The fourth-order valence-corrected chi connectivity index (χ4v) is 5.03. The molecular formula is C18H28ClN5O3S. The van der Waals surface area contributed by atoms with E-state index in [1.807, 2.05) is 6.92 Å². The summed E-state index contributed by atoms with van der Waals surface area (Å²) >= 11 is 0. The predicted molar refractivity (Wildman–Crippen MR) is 109 cm³/mol. The van der Waals surface area contributed by atoms with Crippen molar-refractivity contribution in [2.75, 3.05) is 19.6 Å². The normalized spacial score (nSPS) is 15.4. The lowest BCUT2D eigenvalue weighted by Crippen LogP contribution is -2.46. The van der Waals surface area contributed by atoms with E-state index >= 15 is 0 Å². The van der Waals surface area contributed by atoms with Crippen molar-refractivity contribution in [3.05, 3.63) is 36.4 Å². The fraction of sp³-hybridized carbons (Fsp3) is 0.556. The molecule has 2 heterocycles. The van der Waals surface area contributed by atoms with Crippen LogP contribution in [0.3, 0.4) is 0 Å². The average Bonchev–Trinajstić information content (AvgIpc) is 3.10.